The van der Waals surface area contributed by atoms with Crippen LogP contribution >= 0.6 is 11.6 Å². The van der Waals surface area contributed by atoms with Crippen molar-refractivity contribution in [3.63, 3.8) is 0 Å². The summed E-state index contributed by atoms with van der Waals surface area (Å²) in [5.41, 5.74) is 1.92. The molecule has 0 heterocycles. The number of rotatable bonds is 6. The number of benzene rings is 3. The Kier molecular flexibility index (Phi) is 5.99. The van der Waals surface area contributed by atoms with E-state index in [1.54, 1.807) is 32.4 Å². The third kappa shape index (κ3) is 4.47. The summed E-state index contributed by atoms with van der Waals surface area (Å²) in [5, 5.41) is 13.8. The van der Waals surface area contributed by atoms with E-state index in [-0.39, 0.29) is 16.3 Å². The summed E-state index contributed by atoms with van der Waals surface area (Å²) in [4.78, 5) is 23.0. The molecule has 29 heavy (non-hydrogen) atoms. The van der Waals surface area contributed by atoms with Gasteiger partial charge in [-0.25, -0.2) is 0 Å². The first-order valence-corrected chi connectivity index (χ1v) is 8.88. The molecule has 0 unspecified atom stereocenters. The van der Waals surface area contributed by atoms with Crippen molar-refractivity contribution in [3.8, 4) is 22.6 Å². The zero-order chi connectivity index (χ0) is 21.0. The molecule has 8 heteroatoms. The average molecular weight is 413 g/mol. The highest BCUT2D eigenvalue weighted by Crippen LogP contribution is 2.34. The Balaban J connectivity index is 1.93. The van der Waals surface area contributed by atoms with E-state index in [4.69, 9.17) is 21.1 Å². The highest BCUT2D eigenvalue weighted by molar-refractivity contribution is 6.34. The van der Waals surface area contributed by atoms with Crippen molar-refractivity contribution in [2.24, 2.45) is 0 Å². The maximum absolute atomic E-state index is 12.6. The summed E-state index contributed by atoms with van der Waals surface area (Å²) in [6.07, 6.45) is 0. The van der Waals surface area contributed by atoms with Gasteiger partial charge in [-0.2, -0.15) is 0 Å². The second-order valence-corrected chi connectivity index (χ2v) is 6.43. The summed E-state index contributed by atoms with van der Waals surface area (Å²) >= 11 is 6.05. The maximum Gasteiger partial charge on any atom is 0.270 e. The highest BCUT2D eigenvalue weighted by atomic mass is 35.5. The van der Waals surface area contributed by atoms with Crippen LogP contribution in [0.25, 0.3) is 11.1 Å². The van der Waals surface area contributed by atoms with Crippen LogP contribution in [0.5, 0.6) is 11.5 Å². The zero-order valence-electron chi connectivity index (χ0n) is 15.6. The Morgan fingerprint density at radius 1 is 1.00 bits per heavy atom. The SMILES string of the molecule is COc1ccc(-c2cc(NC(=O)c3cc([N+](=O)[O-])ccc3Cl)ccc2OC)cc1. The van der Waals surface area contributed by atoms with Gasteiger partial charge >= 0.3 is 0 Å². The number of amides is 1. The number of hydrogen-bond acceptors (Lipinski definition) is 5. The van der Waals surface area contributed by atoms with Crippen molar-refractivity contribution in [2.45, 2.75) is 0 Å². The quantitative estimate of drug-likeness (QED) is 0.444. The Labute approximate surface area is 172 Å². The third-order valence-corrected chi connectivity index (χ3v) is 4.59. The lowest BCUT2D eigenvalue weighted by Crippen LogP contribution is -2.13. The highest BCUT2D eigenvalue weighted by Gasteiger charge is 2.17. The Morgan fingerprint density at radius 2 is 1.72 bits per heavy atom. The largest absolute Gasteiger partial charge is 0.497 e. The molecule has 0 aliphatic heterocycles. The summed E-state index contributed by atoms with van der Waals surface area (Å²) in [6, 6.07) is 16.3. The molecule has 0 aromatic heterocycles. The molecule has 0 saturated heterocycles. The van der Waals surface area contributed by atoms with E-state index in [0.717, 1.165) is 22.9 Å². The van der Waals surface area contributed by atoms with Crippen LogP contribution in [0.3, 0.4) is 0 Å². The van der Waals surface area contributed by atoms with Gasteiger partial charge in [-0.15, -0.1) is 0 Å². The van der Waals surface area contributed by atoms with Gasteiger partial charge in [0.05, 0.1) is 29.7 Å². The minimum absolute atomic E-state index is 0.0164. The molecule has 3 rings (SSSR count). The summed E-state index contributed by atoms with van der Waals surface area (Å²) in [6.45, 7) is 0. The molecular weight excluding hydrogens is 396 g/mol. The number of carbonyl (C=O) groups is 1. The lowest BCUT2D eigenvalue weighted by molar-refractivity contribution is -0.384. The molecule has 1 N–H and O–H groups in total. The van der Waals surface area contributed by atoms with Gasteiger partial charge in [-0.1, -0.05) is 23.7 Å². The molecule has 0 aliphatic carbocycles. The van der Waals surface area contributed by atoms with E-state index < -0.39 is 10.8 Å². The molecule has 3 aromatic carbocycles. The van der Waals surface area contributed by atoms with Gasteiger partial charge in [0.15, 0.2) is 0 Å². The van der Waals surface area contributed by atoms with Gasteiger partial charge in [0.25, 0.3) is 11.6 Å². The van der Waals surface area contributed by atoms with Crippen LogP contribution in [0.15, 0.2) is 60.7 Å². The molecule has 0 atom stereocenters. The number of halogens is 1. The first-order chi connectivity index (χ1) is 13.9. The minimum Gasteiger partial charge on any atom is -0.497 e. The number of methoxy groups -OCH3 is 2. The lowest BCUT2D eigenvalue weighted by atomic mass is 10.0. The number of hydrogen-bond donors (Lipinski definition) is 1. The molecule has 7 nitrogen and oxygen atoms in total. The predicted molar refractivity (Wildman–Crippen MR) is 111 cm³/mol. The second kappa shape index (κ2) is 8.62. The number of nitrogens with zero attached hydrogens (tertiary/aromatic N) is 1. The molecular formula is C21H17ClN2O5. The van der Waals surface area contributed by atoms with Crippen molar-refractivity contribution in [1.29, 1.82) is 0 Å². The Hall–Kier alpha value is -3.58. The molecule has 0 spiro atoms. The first-order valence-electron chi connectivity index (χ1n) is 8.50. The number of nitrogens with one attached hydrogen (secondary N) is 1. The number of carbonyl (C=O) groups excluding carboxylic acids is 1. The molecule has 0 radical (unpaired) electrons. The molecule has 0 saturated carbocycles. The molecule has 0 fully saturated rings. The summed E-state index contributed by atoms with van der Waals surface area (Å²) in [7, 11) is 3.15. The topological polar surface area (TPSA) is 90.7 Å². The van der Waals surface area contributed by atoms with Crippen LogP contribution < -0.4 is 14.8 Å². The van der Waals surface area contributed by atoms with Crippen LogP contribution in [0.4, 0.5) is 11.4 Å². The van der Waals surface area contributed by atoms with Crippen LogP contribution in [0.2, 0.25) is 5.02 Å². The van der Waals surface area contributed by atoms with E-state index in [9.17, 15) is 14.9 Å². The van der Waals surface area contributed by atoms with Gasteiger partial charge in [-0.05, 0) is 42.0 Å². The van der Waals surface area contributed by atoms with Gasteiger partial charge in [0, 0.05) is 23.4 Å². The fourth-order valence-electron chi connectivity index (χ4n) is 2.78. The summed E-state index contributed by atoms with van der Waals surface area (Å²) in [5.74, 6) is 0.795. The monoisotopic (exact) mass is 412 g/mol. The molecule has 0 bridgehead atoms. The fraction of sp³-hybridized carbons (Fsp3) is 0.0952. The normalized spacial score (nSPS) is 10.3. The van der Waals surface area contributed by atoms with Crippen molar-refractivity contribution < 1.29 is 19.2 Å². The van der Waals surface area contributed by atoms with Crippen molar-refractivity contribution in [3.05, 3.63) is 81.4 Å². The molecule has 1 amide bonds. The molecule has 148 valence electrons. The van der Waals surface area contributed by atoms with E-state index in [0.29, 0.717) is 11.4 Å². The zero-order valence-corrected chi connectivity index (χ0v) is 16.4. The van der Waals surface area contributed by atoms with Crippen molar-refractivity contribution in [2.75, 3.05) is 19.5 Å². The number of nitro benzene ring substituents is 1. The third-order valence-electron chi connectivity index (χ3n) is 4.26. The van der Waals surface area contributed by atoms with E-state index in [1.165, 1.54) is 12.1 Å². The average Bonchev–Trinajstić information content (AvgIpc) is 2.73. The smallest absolute Gasteiger partial charge is 0.270 e. The van der Waals surface area contributed by atoms with Gasteiger partial charge in [0.2, 0.25) is 0 Å². The number of non-ortho nitro benzene ring substituents is 1. The fourth-order valence-corrected chi connectivity index (χ4v) is 2.98. The van der Waals surface area contributed by atoms with E-state index in [2.05, 4.69) is 5.32 Å². The maximum atomic E-state index is 12.6. The van der Waals surface area contributed by atoms with Crippen LogP contribution in [0, 0.1) is 10.1 Å². The summed E-state index contributed by atoms with van der Waals surface area (Å²) < 4.78 is 10.6. The molecule has 3 aromatic rings. The van der Waals surface area contributed by atoms with Gasteiger partial charge < -0.3 is 14.8 Å². The standard InChI is InChI=1S/C21H17ClN2O5/c1-28-16-7-3-13(4-8-16)17-11-14(5-10-20(17)29-2)23-21(25)18-12-15(24(26)27)6-9-19(18)22/h3-12H,1-2H3,(H,23,25). The Morgan fingerprint density at radius 3 is 2.34 bits per heavy atom. The van der Waals surface area contributed by atoms with E-state index in [1.807, 2.05) is 24.3 Å². The molecule has 0 aliphatic rings. The van der Waals surface area contributed by atoms with Gasteiger partial charge in [0.1, 0.15) is 11.5 Å². The first kappa shape index (κ1) is 20.2. The van der Waals surface area contributed by atoms with Crippen LogP contribution in [-0.2, 0) is 0 Å². The minimum atomic E-state index is -0.581. The second-order valence-electron chi connectivity index (χ2n) is 6.02. The van der Waals surface area contributed by atoms with Crippen molar-refractivity contribution >= 4 is 28.9 Å². The Bertz CT molecular complexity index is 1070. The van der Waals surface area contributed by atoms with Crippen LogP contribution in [-0.4, -0.2) is 25.1 Å². The number of anilines is 1. The van der Waals surface area contributed by atoms with Gasteiger partial charge in [-0.3, -0.25) is 14.9 Å². The van der Waals surface area contributed by atoms with Crippen molar-refractivity contribution in [1.82, 2.24) is 0 Å². The number of ether oxygens (including phenoxy) is 2. The number of nitro groups is 1. The van der Waals surface area contributed by atoms with E-state index >= 15 is 0 Å². The lowest BCUT2D eigenvalue weighted by Gasteiger charge is -2.13. The predicted octanol–water partition coefficient (Wildman–Crippen LogP) is 5.18. The van der Waals surface area contributed by atoms with Crippen LogP contribution in [0.1, 0.15) is 10.4 Å².